The van der Waals surface area contributed by atoms with Crippen LogP contribution in [-0.4, -0.2) is 21.9 Å². The lowest BCUT2D eigenvalue weighted by molar-refractivity contribution is -0.141. The summed E-state index contributed by atoms with van der Waals surface area (Å²) >= 11 is 0.540. The molecule has 1 aromatic carbocycles. The molecule has 2 atom stereocenters. The van der Waals surface area contributed by atoms with Crippen molar-refractivity contribution in [2.75, 3.05) is 0 Å². The van der Waals surface area contributed by atoms with E-state index in [-0.39, 0.29) is 28.3 Å². The SMILES string of the molecule is CCC(NC(C)C)c1cccnc1-c1nc(C(F)(F)F)c(C(=O)NC(C)c2cccc(C(F)(F)F)c2)s1. The van der Waals surface area contributed by atoms with Crippen LogP contribution in [0.1, 0.15) is 78.3 Å². The van der Waals surface area contributed by atoms with E-state index in [0.29, 0.717) is 23.3 Å². The van der Waals surface area contributed by atoms with E-state index in [1.54, 1.807) is 12.1 Å². The molecule has 12 heteroatoms. The van der Waals surface area contributed by atoms with E-state index in [1.165, 1.54) is 25.3 Å². The fourth-order valence-corrected chi connectivity index (χ4v) is 4.81. The number of alkyl halides is 6. The summed E-state index contributed by atoms with van der Waals surface area (Å²) in [6, 6.07) is 6.56. The number of hydrogen-bond acceptors (Lipinski definition) is 5. The third kappa shape index (κ3) is 6.86. The largest absolute Gasteiger partial charge is 0.435 e. The minimum Gasteiger partial charge on any atom is -0.345 e. The molecule has 1 amide bonds. The smallest absolute Gasteiger partial charge is 0.345 e. The van der Waals surface area contributed by atoms with Crippen molar-refractivity contribution in [3.8, 4) is 10.7 Å². The van der Waals surface area contributed by atoms with Crippen LogP contribution in [0.4, 0.5) is 26.3 Å². The molecule has 2 unspecified atom stereocenters. The fourth-order valence-electron chi connectivity index (χ4n) is 3.80. The molecule has 5 nitrogen and oxygen atoms in total. The molecule has 2 heterocycles. The summed E-state index contributed by atoms with van der Waals surface area (Å²) in [4.78, 5) is 20.3. The predicted molar refractivity (Wildman–Crippen MR) is 129 cm³/mol. The minimum absolute atomic E-state index is 0.0798. The molecule has 3 aromatic rings. The Bertz CT molecular complexity index is 1240. The summed E-state index contributed by atoms with van der Waals surface area (Å²) in [6.07, 6.45) is -7.46. The highest BCUT2D eigenvalue weighted by molar-refractivity contribution is 7.17. The van der Waals surface area contributed by atoms with E-state index >= 15 is 0 Å². The molecule has 0 aliphatic heterocycles. The van der Waals surface area contributed by atoms with Gasteiger partial charge in [0, 0.05) is 18.3 Å². The first-order chi connectivity index (χ1) is 17.2. The molecule has 0 fully saturated rings. The Labute approximate surface area is 214 Å². The molecule has 0 aliphatic carbocycles. The van der Waals surface area contributed by atoms with Crippen molar-refractivity contribution in [3.05, 3.63) is 69.9 Å². The number of halogens is 6. The lowest BCUT2D eigenvalue weighted by atomic mass is 10.0. The standard InChI is InChI=1S/C25H26F6N4OS/c1-5-18(33-13(2)3)17-10-7-11-32-19(17)23-35-21(25(29,30)31)20(37-23)22(36)34-14(4)15-8-6-9-16(12-15)24(26,27)28/h6-14,18,33H,5H2,1-4H3,(H,34,36). The Kier molecular flexibility index (Phi) is 8.63. The molecule has 37 heavy (non-hydrogen) atoms. The maximum absolute atomic E-state index is 13.9. The van der Waals surface area contributed by atoms with Gasteiger partial charge >= 0.3 is 12.4 Å². The van der Waals surface area contributed by atoms with Gasteiger partial charge in [-0.2, -0.15) is 26.3 Å². The molecule has 0 bridgehead atoms. The number of benzene rings is 1. The summed E-state index contributed by atoms with van der Waals surface area (Å²) in [5, 5.41) is 5.64. The van der Waals surface area contributed by atoms with Gasteiger partial charge in [-0.15, -0.1) is 11.3 Å². The van der Waals surface area contributed by atoms with Crippen molar-refractivity contribution >= 4 is 17.2 Å². The van der Waals surface area contributed by atoms with E-state index in [9.17, 15) is 31.1 Å². The maximum Gasteiger partial charge on any atom is 0.435 e. The molecule has 3 rings (SSSR count). The number of nitrogens with one attached hydrogen (secondary N) is 2. The number of amides is 1. The van der Waals surface area contributed by atoms with Gasteiger partial charge in [-0.1, -0.05) is 39.0 Å². The lowest BCUT2D eigenvalue weighted by Gasteiger charge is -2.21. The first-order valence-electron chi connectivity index (χ1n) is 11.5. The molecule has 0 saturated carbocycles. The zero-order chi connectivity index (χ0) is 27.5. The van der Waals surface area contributed by atoms with Gasteiger partial charge < -0.3 is 10.6 Å². The Morgan fingerprint density at radius 2 is 1.73 bits per heavy atom. The first-order valence-corrected chi connectivity index (χ1v) is 12.3. The molecule has 0 aliphatic rings. The van der Waals surface area contributed by atoms with Crippen LogP contribution in [0.15, 0.2) is 42.6 Å². The Morgan fingerprint density at radius 3 is 2.32 bits per heavy atom. The molecular weight excluding hydrogens is 518 g/mol. The van der Waals surface area contributed by atoms with Crippen molar-refractivity contribution in [2.45, 2.75) is 64.6 Å². The number of pyridine rings is 1. The van der Waals surface area contributed by atoms with Gasteiger partial charge in [0.1, 0.15) is 15.6 Å². The van der Waals surface area contributed by atoms with Gasteiger partial charge in [-0.3, -0.25) is 9.78 Å². The highest BCUT2D eigenvalue weighted by Gasteiger charge is 2.40. The van der Waals surface area contributed by atoms with Crippen molar-refractivity contribution in [2.24, 2.45) is 0 Å². The van der Waals surface area contributed by atoms with Crippen LogP contribution >= 0.6 is 11.3 Å². The first kappa shape index (κ1) is 28.6. The van der Waals surface area contributed by atoms with Gasteiger partial charge in [-0.05, 0) is 42.7 Å². The second-order valence-corrected chi connectivity index (χ2v) is 9.74. The molecule has 0 radical (unpaired) electrons. The second-order valence-electron chi connectivity index (χ2n) is 8.74. The zero-order valence-electron chi connectivity index (χ0n) is 20.5. The van der Waals surface area contributed by atoms with Crippen molar-refractivity contribution < 1.29 is 31.1 Å². The van der Waals surface area contributed by atoms with Crippen LogP contribution in [0.25, 0.3) is 10.7 Å². The Balaban J connectivity index is 1.99. The molecule has 0 saturated heterocycles. The maximum atomic E-state index is 13.9. The highest BCUT2D eigenvalue weighted by Crippen LogP contribution is 2.39. The number of hydrogen-bond donors (Lipinski definition) is 2. The molecule has 200 valence electrons. The predicted octanol–water partition coefficient (Wildman–Crippen LogP) is 7.18. The summed E-state index contributed by atoms with van der Waals surface area (Å²) in [6.45, 7) is 7.20. The van der Waals surface area contributed by atoms with Crippen LogP contribution in [-0.2, 0) is 12.4 Å². The summed E-state index contributed by atoms with van der Waals surface area (Å²) in [5.74, 6) is -1.09. The number of rotatable bonds is 8. The van der Waals surface area contributed by atoms with E-state index in [1.807, 2.05) is 20.8 Å². The second kappa shape index (κ2) is 11.2. The number of nitrogens with zero attached hydrogens (tertiary/aromatic N) is 2. The monoisotopic (exact) mass is 544 g/mol. The molecular formula is C25H26F6N4OS. The van der Waals surface area contributed by atoms with Gasteiger partial charge in [-0.25, -0.2) is 4.98 Å². The quantitative estimate of drug-likeness (QED) is 0.295. The average Bonchev–Trinajstić information content (AvgIpc) is 3.28. The topological polar surface area (TPSA) is 66.9 Å². The summed E-state index contributed by atoms with van der Waals surface area (Å²) < 4.78 is 80.8. The third-order valence-corrected chi connectivity index (χ3v) is 6.58. The summed E-state index contributed by atoms with van der Waals surface area (Å²) in [7, 11) is 0. The fraction of sp³-hybridized carbons (Fsp3) is 0.400. The van der Waals surface area contributed by atoms with Crippen LogP contribution in [0.3, 0.4) is 0 Å². The van der Waals surface area contributed by atoms with Gasteiger partial charge in [0.25, 0.3) is 5.91 Å². The molecule has 2 N–H and O–H groups in total. The molecule has 0 spiro atoms. The van der Waals surface area contributed by atoms with E-state index < -0.39 is 40.4 Å². The van der Waals surface area contributed by atoms with E-state index in [4.69, 9.17) is 0 Å². The van der Waals surface area contributed by atoms with Crippen LogP contribution in [0, 0.1) is 0 Å². The Hall–Kier alpha value is -2.99. The van der Waals surface area contributed by atoms with Crippen LogP contribution < -0.4 is 10.6 Å². The number of thiazole rings is 1. The number of aromatic nitrogens is 2. The highest BCUT2D eigenvalue weighted by atomic mass is 32.1. The minimum atomic E-state index is -4.93. The lowest BCUT2D eigenvalue weighted by Crippen LogP contribution is -2.28. The van der Waals surface area contributed by atoms with Gasteiger partial charge in [0.15, 0.2) is 5.69 Å². The average molecular weight is 545 g/mol. The van der Waals surface area contributed by atoms with Crippen molar-refractivity contribution in [1.29, 1.82) is 0 Å². The zero-order valence-corrected chi connectivity index (χ0v) is 21.3. The normalized spacial score (nSPS) is 14.0. The Morgan fingerprint density at radius 1 is 1.03 bits per heavy atom. The number of carbonyl (C=O) groups is 1. The van der Waals surface area contributed by atoms with Gasteiger partial charge in [0.05, 0.1) is 11.6 Å². The van der Waals surface area contributed by atoms with Gasteiger partial charge in [0.2, 0.25) is 0 Å². The van der Waals surface area contributed by atoms with E-state index in [2.05, 4.69) is 20.6 Å². The van der Waals surface area contributed by atoms with Crippen molar-refractivity contribution in [3.63, 3.8) is 0 Å². The summed E-state index contributed by atoms with van der Waals surface area (Å²) in [5.41, 5.74) is -1.33. The number of carbonyl (C=O) groups excluding carboxylic acids is 1. The van der Waals surface area contributed by atoms with Crippen molar-refractivity contribution in [1.82, 2.24) is 20.6 Å². The van der Waals surface area contributed by atoms with Crippen LogP contribution in [0.5, 0.6) is 0 Å². The van der Waals surface area contributed by atoms with E-state index in [0.717, 1.165) is 12.1 Å². The third-order valence-electron chi connectivity index (χ3n) is 5.52. The van der Waals surface area contributed by atoms with Crippen LogP contribution in [0.2, 0.25) is 0 Å². The molecule has 2 aromatic heterocycles.